The lowest BCUT2D eigenvalue weighted by Crippen LogP contribution is -2.53. The number of piperidine rings is 1. The van der Waals surface area contributed by atoms with Crippen molar-refractivity contribution in [2.24, 2.45) is 0 Å². The SMILES string of the molecule is COc1nc(C(=O)N2CC[C@]3(c4cccc(F)c4)OCO[C@@H]3C2)ccc1OC(C)C(F)(F)C(F)F. The second-order valence-corrected chi connectivity index (χ2v) is 8.26. The molecule has 190 valence electrons. The van der Waals surface area contributed by atoms with E-state index in [0.29, 0.717) is 12.0 Å². The number of fused-ring (bicyclic) bond motifs is 1. The molecule has 3 heterocycles. The van der Waals surface area contributed by atoms with Gasteiger partial charge in [0.25, 0.3) is 11.8 Å². The second-order valence-electron chi connectivity index (χ2n) is 8.26. The molecule has 12 heteroatoms. The van der Waals surface area contributed by atoms with E-state index < -0.39 is 41.9 Å². The number of carbonyl (C=O) groups is 1. The third kappa shape index (κ3) is 4.64. The molecule has 0 N–H and O–H groups in total. The summed E-state index contributed by atoms with van der Waals surface area (Å²) in [7, 11) is 1.18. The largest absolute Gasteiger partial charge is 0.479 e. The van der Waals surface area contributed by atoms with E-state index in [-0.39, 0.29) is 37.2 Å². The van der Waals surface area contributed by atoms with Gasteiger partial charge in [-0.25, -0.2) is 18.2 Å². The number of aromatic nitrogens is 1. The zero-order valence-electron chi connectivity index (χ0n) is 18.9. The molecule has 0 aliphatic carbocycles. The Hall–Kier alpha value is -2.99. The first kappa shape index (κ1) is 25.1. The fourth-order valence-corrected chi connectivity index (χ4v) is 4.22. The van der Waals surface area contributed by atoms with Gasteiger partial charge in [-0.2, -0.15) is 8.78 Å². The van der Waals surface area contributed by atoms with Gasteiger partial charge in [0.1, 0.15) is 30.0 Å². The molecule has 2 fully saturated rings. The van der Waals surface area contributed by atoms with Crippen molar-refractivity contribution in [3.05, 3.63) is 53.5 Å². The van der Waals surface area contributed by atoms with Gasteiger partial charge in [0.2, 0.25) is 0 Å². The lowest BCUT2D eigenvalue weighted by Gasteiger charge is -2.41. The maximum absolute atomic E-state index is 13.8. The van der Waals surface area contributed by atoms with Gasteiger partial charge in [-0.05, 0) is 36.8 Å². The molecule has 3 atom stereocenters. The first-order chi connectivity index (χ1) is 16.6. The quantitative estimate of drug-likeness (QED) is 0.533. The first-order valence-electron chi connectivity index (χ1n) is 10.8. The minimum absolute atomic E-state index is 0.0112. The fraction of sp³-hybridized carbons (Fsp3) is 0.478. The number of rotatable bonds is 7. The number of benzene rings is 1. The number of amides is 1. The Morgan fingerprint density at radius 2 is 2.06 bits per heavy atom. The number of alkyl halides is 4. The Bertz CT molecular complexity index is 1090. The minimum atomic E-state index is -4.40. The van der Waals surface area contributed by atoms with E-state index in [2.05, 4.69) is 4.98 Å². The molecule has 2 aliphatic rings. The summed E-state index contributed by atoms with van der Waals surface area (Å²) in [4.78, 5) is 18.6. The summed E-state index contributed by atoms with van der Waals surface area (Å²) in [6, 6.07) is 8.41. The van der Waals surface area contributed by atoms with Crippen molar-refractivity contribution in [1.82, 2.24) is 9.88 Å². The van der Waals surface area contributed by atoms with Crippen LogP contribution in [0.25, 0.3) is 0 Å². The Morgan fingerprint density at radius 1 is 1.29 bits per heavy atom. The van der Waals surface area contributed by atoms with Crippen LogP contribution >= 0.6 is 0 Å². The summed E-state index contributed by atoms with van der Waals surface area (Å²) in [6.45, 7) is 1.17. The standard InChI is InChI=1S/C23H23F5N2O5/c1-13(23(27,28)21(25)26)35-17-7-6-16(29-19(17)32-2)20(31)30-9-8-22(18(11-30)33-12-34-22)14-4-3-5-15(24)10-14/h3-7,10,13,18,21H,8-9,11-12H2,1-2H3/t13?,18-,22-/m1/s1. The molecule has 1 unspecified atom stereocenters. The van der Waals surface area contributed by atoms with Crippen molar-refractivity contribution in [3.8, 4) is 11.6 Å². The molecular weight excluding hydrogens is 479 g/mol. The molecule has 1 aromatic heterocycles. The van der Waals surface area contributed by atoms with Crippen LogP contribution in [0.1, 0.15) is 29.4 Å². The lowest BCUT2D eigenvalue weighted by molar-refractivity contribution is -0.178. The van der Waals surface area contributed by atoms with Crippen LogP contribution in [0.3, 0.4) is 0 Å². The number of carbonyl (C=O) groups excluding carboxylic acids is 1. The first-order valence-corrected chi connectivity index (χ1v) is 10.8. The molecule has 4 rings (SSSR count). The molecule has 0 spiro atoms. The normalized spacial score (nSPS) is 23.2. The topological polar surface area (TPSA) is 70.1 Å². The zero-order valence-corrected chi connectivity index (χ0v) is 18.9. The summed E-state index contributed by atoms with van der Waals surface area (Å²) in [6.07, 6.45) is -6.30. The number of methoxy groups -OCH3 is 1. The number of ether oxygens (including phenoxy) is 4. The Labute approximate surface area is 197 Å². The van der Waals surface area contributed by atoms with Gasteiger partial charge >= 0.3 is 12.3 Å². The average molecular weight is 502 g/mol. The Balaban J connectivity index is 1.50. The molecule has 0 radical (unpaired) electrons. The van der Waals surface area contributed by atoms with Crippen molar-refractivity contribution in [2.75, 3.05) is 27.0 Å². The molecule has 1 amide bonds. The van der Waals surface area contributed by atoms with E-state index >= 15 is 0 Å². The Kier molecular flexibility index (Phi) is 6.87. The van der Waals surface area contributed by atoms with Crippen molar-refractivity contribution in [2.45, 2.75) is 43.5 Å². The average Bonchev–Trinajstić information content (AvgIpc) is 3.28. The van der Waals surface area contributed by atoms with Gasteiger partial charge in [-0.1, -0.05) is 12.1 Å². The molecule has 0 saturated carbocycles. The van der Waals surface area contributed by atoms with Crippen LogP contribution in [0.2, 0.25) is 0 Å². The number of pyridine rings is 1. The maximum atomic E-state index is 13.8. The van der Waals surface area contributed by atoms with Crippen LogP contribution in [-0.4, -0.2) is 67.3 Å². The predicted octanol–water partition coefficient (Wildman–Crippen LogP) is 4.01. The van der Waals surface area contributed by atoms with E-state index in [1.54, 1.807) is 12.1 Å². The minimum Gasteiger partial charge on any atom is -0.479 e. The molecule has 7 nitrogen and oxygen atoms in total. The molecule has 2 saturated heterocycles. The molecule has 35 heavy (non-hydrogen) atoms. The lowest BCUT2D eigenvalue weighted by atomic mass is 9.82. The summed E-state index contributed by atoms with van der Waals surface area (Å²) in [5, 5.41) is 0. The Morgan fingerprint density at radius 3 is 2.74 bits per heavy atom. The predicted molar refractivity (Wildman–Crippen MR) is 111 cm³/mol. The van der Waals surface area contributed by atoms with Gasteiger partial charge in [-0.15, -0.1) is 0 Å². The van der Waals surface area contributed by atoms with Gasteiger partial charge in [-0.3, -0.25) is 4.79 Å². The zero-order chi connectivity index (χ0) is 25.4. The van der Waals surface area contributed by atoms with E-state index in [0.717, 1.165) is 13.0 Å². The molecule has 2 aliphatic heterocycles. The van der Waals surface area contributed by atoms with Gasteiger partial charge in [0.15, 0.2) is 11.9 Å². The van der Waals surface area contributed by atoms with Crippen molar-refractivity contribution < 1.29 is 45.7 Å². The molecule has 0 bridgehead atoms. The summed E-state index contributed by atoms with van der Waals surface area (Å²) in [5.74, 6) is -5.93. The van der Waals surface area contributed by atoms with Gasteiger partial charge < -0.3 is 23.8 Å². The van der Waals surface area contributed by atoms with Crippen LogP contribution in [0.15, 0.2) is 36.4 Å². The monoisotopic (exact) mass is 502 g/mol. The fourth-order valence-electron chi connectivity index (χ4n) is 4.22. The molecule has 1 aromatic carbocycles. The highest BCUT2D eigenvalue weighted by molar-refractivity contribution is 5.92. The highest BCUT2D eigenvalue weighted by Crippen LogP contribution is 2.43. The van der Waals surface area contributed by atoms with Gasteiger partial charge in [0.05, 0.1) is 13.7 Å². The van der Waals surface area contributed by atoms with E-state index in [4.69, 9.17) is 18.9 Å². The number of hydrogen-bond acceptors (Lipinski definition) is 6. The van der Waals surface area contributed by atoms with E-state index in [9.17, 15) is 26.7 Å². The van der Waals surface area contributed by atoms with Crippen molar-refractivity contribution in [1.29, 1.82) is 0 Å². The summed E-state index contributed by atoms with van der Waals surface area (Å²) in [5.41, 5.74) is -0.351. The summed E-state index contributed by atoms with van der Waals surface area (Å²) >= 11 is 0. The van der Waals surface area contributed by atoms with Crippen LogP contribution in [0.5, 0.6) is 11.6 Å². The van der Waals surface area contributed by atoms with E-state index in [1.807, 2.05) is 0 Å². The number of hydrogen-bond donors (Lipinski definition) is 0. The van der Waals surface area contributed by atoms with Crippen molar-refractivity contribution in [3.63, 3.8) is 0 Å². The van der Waals surface area contributed by atoms with Gasteiger partial charge in [0, 0.05) is 13.0 Å². The van der Waals surface area contributed by atoms with Crippen LogP contribution < -0.4 is 9.47 Å². The second kappa shape index (κ2) is 9.57. The van der Waals surface area contributed by atoms with Crippen molar-refractivity contribution >= 4 is 5.91 Å². The number of likely N-dealkylation sites (tertiary alicyclic amines) is 1. The number of halogens is 5. The maximum Gasteiger partial charge on any atom is 0.342 e. The van der Waals surface area contributed by atoms with Crippen LogP contribution in [0.4, 0.5) is 22.0 Å². The van der Waals surface area contributed by atoms with Crippen LogP contribution in [-0.2, 0) is 15.1 Å². The van der Waals surface area contributed by atoms with E-state index in [1.165, 1.54) is 30.2 Å². The molecule has 2 aromatic rings. The highest BCUT2D eigenvalue weighted by Gasteiger charge is 2.51. The third-order valence-electron chi connectivity index (χ3n) is 6.22. The van der Waals surface area contributed by atoms with Crippen LogP contribution in [0, 0.1) is 5.82 Å². The smallest absolute Gasteiger partial charge is 0.342 e. The molecular formula is C23H23F5N2O5. The third-order valence-corrected chi connectivity index (χ3v) is 6.22. The highest BCUT2D eigenvalue weighted by atomic mass is 19.3. The number of nitrogens with zero attached hydrogens (tertiary/aromatic N) is 2. The summed E-state index contributed by atoms with van der Waals surface area (Å²) < 4.78 is 87.7.